The smallest absolute Gasteiger partial charge is 0.255 e. The monoisotopic (exact) mass is 452 g/mol. The molecule has 164 valence electrons. The fraction of sp³-hybridized carbons (Fsp3) is 0.273. The predicted molar refractivity (Wildman–Crippen MR) is 120 cm³/mol. The van der Waals surface area contributed by atoms with Crippen molar-refractivity contribution < 1.29 is 14.3 Å². The molecule has 10 heteroatoms. The number of benzene rings is 1. The van der Waals surface area contributed by atoms with Crippen LogP contribution < -0.4 is 20.7 Å². The SMILES string of the molecule is COc1c(Cl)cccc1Nc1c(-c2ccnc(NC(=O)C3CC3)n2)[nH]c2c1C(=O)NCC2. The summed E-state index contributed by atoms with van der Waals surface area (Å²) < 4.78 is 5.45. The van der Waals surface area contributed by atoms with E-state index in [9.17, 15) is 9.59 Å². The van der Waals surface area contributed by atoms with Crippen molar-refractivity contribution in [3.05, 3.63) is 46.7 Å². The molecule has 3 aromatic rings. The van der Waals surface area contributed by atoms with Crippen molar-refractivity contribution in [3.63, 3.8) is 0 Å². The van der Waals surface area contributed by atoms with Gasteiger partial charge in [0, 0.05) is 30.8 Å². The number of amides is 2. The Morgan fingerprint density at radius 1 is 1.28 bits per heavy atom. The lowest BCUT2D eigenvalue weighted by Crippen LogP contribution is -2.31. The maximum absolute atomic E-state index is 12.7. The Morgan fingerprint density at radius 3 is 2.91 bits per heavy atom. The molecule has 1 aliphatic carbocycles. The minimum Gasteiger partial charge on any atom is -0.493 e. The summed E-state index contributed by atoms with van der Waals surface area (Å²) >= 11 is 6.29. The van der Waals surface area contributed by atoms with Gasteiger partial charge in [0.15, 0.2) is 5.75 Å². The van der Waals surface area contributed by atoms with Crippen molar-refractivity contribution in [1.29, 1.82) is 0 Å². The van der Waals surface area contributed by atoms with Crippen molar-refractivity contribution in [2.75, 3.05) is 24.3 Å². The first-order chi connectivity index (χ1) is 15.5. The van der Waals surface area contributed by atoms with Crippen molar-refractivity contribution in [3.8, 4) is 17.1 Å². The molecule has 0 unspecified atom stereocenters. The van der Waals surface area contributed by atoms with E-state index in [0.717, 1.165) is 18.5 Å². The molecule has 2 amide bonds. The van der Waals surface area contributed by atoms with Crippen LogP contribution in [0.15, 0.2) is 30.5 Å². The third-order valence-corrected chi connectivity index (χ3v) is 5.79. The fourth-order valence-electron chi connectivity index (χ4n) is 3.76. The standard InChI is InChI=1S/C22H21ClN6O3/c1-32-19-12(23)3-2-4-15(19)27-18-16-13(7-9-24-21(16)31)26-17(18)14-8-10-25-22(28-14)29-20(30)11-5-6-11/h2-4,8,10-11,26-27H,5-7,9H2,1H3,(H,24,31)(H,25,28,29,30). The molecule has 1 saturated carbocycles. The van der Waals surface area contributed by atoms with Crippen LogP contribution in [0.3, 0.4) is 0 Å². The van der Waals surface area contributed by atoms with Gasteiger partial charge >= 0.3 is 0 Å². The van der Waals surface area contributed by atoms with Crippen LogP contribution in [0.2, 0.25) is 5.02 Å². The highest BCUT2D eigenvalue weighted by Gasteiger charge is 2.31. The lowest BCUT2D eigenvalue weighted by Gasteiger charge is -2.17. The molecule has 0 spiro atoms. The highest BCUT2D eigenvalue weighted by molar-refractivity contribution is 6.32. The highest BCUT2D eigenvalue weighted by Crippen LogP contribution is 2.40. The number of H-pyrrole nitrogens is 1. The Kier molecular flexibility index (Phi) is 5.18. The van der Waals surface area contributed by atoms with E-state index in [4.69, 9.17) is 16.3 Å². The average Bonchev–Trinajstić information content (AvgIpc) is 3.57. The first-order valence-electron chi connectivity index (χ1n) is 10.3. The van der Waals surface area contributed by atoms with Crippen LogP contribution >= 0.6 is 11.6 Å². The summed E-state index contributed by atoms with van der Waals surface area (Å²) in [5, 5.41) is 9.40. The van der Waals surface area contributed by atoms with Crippen molar-refractivity contribution in [2.45, 2.75) is 19.3 Å². The first-order valence-corrected chi connectivity index (χ1v) is 10.7. The molecule has 1 fully saturated rings. The van der Waals surface area contributed by atoms with Crippen molar-refractivity contribution >= 4 is 40.7 Å². The summed E-state index contributed by atoms with van der Waals surface area (Å²) in [5.74, 6) is 0.466. The number of rotatable bonds is 6. The van der Waals surface area contributed by atoms with Gasteiger partial charge in [-0.3, -0.25) is 14.9 Å². The Labute approximate surface area is 188 Å². The molecule has 1 aromatic carbocycles. The molecule has 0 radical (unpaired) electrons. The molecule has 1 aliphatic heterocycles. The lowest BCUT2D eigenvalue weighted by molar-refractivity contribution is -0.117. The number of hydrogen-bond donors (Lipinski definition) is 4. The quantitative estimate of drug-likeness (QED) is 0.454. The number of carbonyl (C=O) groups excluding carboxylic acids is 2. The van der Waals surface area contributed by atoms with Gasteiger partial charge in [0.2, 0.25) is 11.9 Å². The maximum atomic E-state index is 12.7. The third kappa shape index (κ3) is 3.75. The predicted octanol–water partition coefficient (Wildman–Crippen LogP) is 3.51. The van der Waals surface area contributed by atoms with Gasteiger partial charge in [-0.15, -0.1) is 0 Å². The van der Waals surface area contributed by atoms with Gasteiger partial charge in [-0.05, 0) is 31.0 Å². The minimum absolute atomic E-state index is 0.0382. The van der Waals surface area contributed by atoms with Crippen LogP contribution in [0.1, 0.15) is 28.9 Å². The Balaban J connectivity index is 1.58. The van der Waals surface area contributed by atoms with E-state index >= 15 is 0 Å². The van der Waals surface area contributed by atoms with E-state index < -0.39 is 0 Å². The molecule has 2 aliphatic rings. The van der Waals surface area contributed by atoms with E-state index in [1.807, 2.05) is 6.07 Å². The number of methoxy groups -OCH3 is 1. The molecular weight excluding hydrogens is 432 g/mol. The van der Waals surface area contributed by atoms with E-state index in [1.165, 1.54) is 7.11 Å². The molecule has 4 N–H and O–H groups in total. The molecule has 5 rings (SSSR count). The second-order valence-electron chi connectivity index (χ2n) is 7.71. The summed E-state index contributed by atoms with van der Waals surface area (Å²) in [6, 6.07) is 7.06. The summed E-state index contributed by atoms with van der Waals surface area (Å²) in [5.41, 5.74) is 3.62. The molecule has 32 heavy (non-hydrogen) atoms. The summed E-state index contributed by atoms with van der Waals surface area (Å²) in [6.45, 7) is 0.540. The van der Waals surface area contributed by atoms with Crippen LogP contribution in [0.4, 0.5) is 17.3 Å². The topological polar surface area (TPSA) is 121 Å². The summed E-state index contributed by atoms with van der Waals surface area (Å²) in [6.07, 6.45) is 4.01. The molecule has 3 heterocycles. The number of anilines is 3. The number of para-hydroxylation sites is 1. The molecule has 0 saturated heterocycles. The number of halogens is 1. The van der Waals surface area contributed by atoms with Crippen molar-refractivity contribution in [2.24, 2.45) is 5.92 Å². The third-order valence-electron chi connectivity index (χ3n) is 5.49. The lowest BCUT2D eigenvalue weighted by atomic mass is 10.1. The number of nitrogens with zero attached hydrogens (tertiary/aromatic N) is 2. The molecule has 0 atom stereocenters. The zero-order valence-corrected chi connectivity index (χ0v) is 18.0. The number of aromatic amines is 1. The van der Waals surface area contributed by atoms with Gasteiger partial charge in [0.1, 0.15) is 0 Å². The number of hydrogen-bond acceptors (Lipinski definition) is 6. The zero-order chi connectivity index (χ0) is 22.2. The molecule has 2 aromatic heterocycles. The summed E-state index contributed by atoms with van der Waals surface area (Å²) in [7, 11) is 1.53. The summed E-state index contributed by atoms with van der Waals surface area (Å²) in [4.78, 5) is 36.9. The van der Waals surface area contributed by atoms with Gasteiger partial charge in [-0.1, -0.05) is 17.7 Å². The average molecular weight is 453 g/mol. The second kappa shape index (κ2) is 8.16. The van der Waals surface area contributed by atoms with Crippen molar-refractivity contribution in [1.82, 2.24) is 20.3 Å². The molecular formula is C22H21ClN6O3. The number of fused-ring (bicyclic) bond motifs is 1. The van der Waals surface area contributed by atoms with Crippen LogP contribution in [0, 0.1) is 5.92 Å². The van der Waals surface area contributed by atoms with Crippen LogP contribution in [-0.4, -0.2) is 40.4 Å². The van der Waals surface area contributed by atoms with E-state index in [2.05, 4.69) is 30.9 Å². The largest absolute Gasteiger partial charge is 0.493 e. The normalized spacial score (nSPS) is 15.0. The number of aromatic nitrogens is 3. The van der Waals surface area contributed by atoms with E-state index in [-0.39, 0.29) is 23.7 Å². The number of carbonyl (C=O) groups is 2. The maximum Gasteiger partial charge on any atom is 0.255 e. The van der Waals surface area contributed by atoms with E-state index in [0.29, 0.717) is 52.1 Å². The highest BCUT2D eigenvalue weighted by atomic mass is 35.5. The van der Waals surface area contributed by atoms with Crippen LogP contribution in [0.25, 0.3) is 11.4 Å². The van der Waals surface area contributed by atoms with Gasteiger partial charge in [-0.25, -0.2) is 9.97 Å². The zero-order valence-electron chi connectivity index (χ0n) is 17.3. The second-order valence-corrected chi connectivity index (χ2v) is 8.12. The number of nitrogens with one attached hydrogen (secondary N) is 4. The Bertz CT molecular complexity index is 1220. The van der Waals surface area contributed by atoms with Gasteiger partial charge in [-0.2, -0.15) is 0 Å². The van der Waals surface area contributed by atoms with Crippen LogP contribution in [-0.2, 0) is 11.2 Å². The molecule has 9 nitrogen and oxygen atoms in total. The Morgan fingerprint density at radius 2 is 2.12 bits per heavy atom. The van der Waals surface area contributed by atoms with Crippen LogP contribution in [0.5, 0.6) is 5.75 Å². The van der Waals surface area contributed by atoms with Gasteiger partial charge in [0.25, 0.3) is 5.91 Å². The number of ether oxygens (including phenoxy) is 1. The van der Waals surface area contributed by atoms with Gasteiger partial charge in [0.05, 0.1) is 40.5 Å². The Hall–Kier alpha value is -3.59. The van der Waals surface area contributed by atoms with Gasteiger partial charge < -0.3 is 20.4 Å². The minimum atomic E-state index is -0.187. The molecule has 0 bridgehead atoms. The fourth-order valence-corrected chi connectivity index (χ4v) is 4.01. The van der Waals surface area contributed by atoms with E-state index in [1.54, 1.807) is 24.4 Å². The first kappa shape index (κ1) is 20.3.